The molecule has 0 saturated carbocycles. The second-order valence-electron chi connectivity index (χ2n) is 4.69. The SMILES string of the molecule is CCCCOCC(O)COc1ccc(CNC)cc1F. The Morgan fingerprint density at radius 3 is 2.80 bits per heavy atom. The second-order valence-corrected chi connectivity index (χ2v) is 4.69. The summed E-state index contributed by atoms with van der Waals surface area (Å²) in [6, 6.07) is 4.79. The molecule has 0 fully saturated rings. The van der Waals surface area contributed by atoms with Gasteiger partial charge in [-0.1, -0.05) is 19.4 Å². The Balaban J connectivity index is 2.33. The second kappa shape index (κ2) is 9.69. The highest BCUT2D eigenvalue weighted by molar-refractivity contribution is 5.29. The van der Waals surface area contributed by atoms with Gasteiger partial charge in [0.15, 0.2) is 11.6 Å². The highest BCUT2D eigenvalue weighted by Gasteiger charge is 2.09. The molecule has 0 amide bonds. The number of halogens is 1. The predicted molar refractivity (Wildman–Crippen MR) is 76.4 cm³/mol. The van der Waals surface area contributed by atoms with Crippen molar-refractivity contribution in [2.45, 2.75) is 32.4 Å². The fraction of sp³-hybridized carbons (Fsp3) is 0.600. The van der Waals surface area contributed by atoms with Gasteiger partial charge < -0.3 is 19.9 Å². The minimum Gasteiger partial charge on any atom is -0.488 e. The molecule has 0 saturated heterocycles. The number of benzene rings is 1. The van der Waals surface area contributed by atoms with Crippen molar-refractivity contribution in [3.63, 3.8) is 0 Å². The van der Waals surface area contributed by atoms with Crippen molar-refractivity contribution in [2.75, 3.05) is 26.9 Å². The number of hydrogen-bond acceptors (Lipinski definition) is 4. The smallest absolute Gasteiger partial charge is 0.165 e. The van der Waals surface area contributed by atoms with E-state index >= 15 is 0 Å². The van der Waals surface area contributed by atoms with E-state index in [1.165, 1.54) is 6.07 Å². The molecular formula is C15H24FNO3. The van der Waals surface area contributed by atoms with Crippen LogP contribution in [0.4, 0.5) is 4.39 Å². The van der Waals surface area contributed by atoms with Crippen molar-refractivity contribution < 1.29 is 19.0 Å². The zero-order valence-electron chi connectivity index (χ0n) is 12.2. The van der Waals surface area contributed by atoms with Crippen molar-refractivity contribution in [1.82, 2.24) is 5.32 Å². The van der Waals surface area contributed by atoms with Gasteiger partial charge in [-0.25, -0.2) is 4.39 Å². The third-order valence-electron chi connectivity index (χ3n) is 2.76. The minimum atomic E-state index is -0.747. The summed E-state index contributed by atoms with van der Waals surface area (Å²) in [5, 5.41) is 12.6. The van der Waals surface area contributed by atoms with Crippen LogP contribution < -0.4 is 10.1 Å². The van der Waals surface area contributed by atoms with Crippen LogP contribution in [0.15, 0.2) is 18.2 Å². The molecule has 0 spiro atoms. The van der Waals surface area contributed by atoms with Gasteiger partial charge >= 0.3 is 0 Å². The first-order valence-electron chi connectivity index (χ1n) is 6.99. The average molecular weight is 285 g/mol. The van der Waals surface area contributed by atoms with E-state index in [-0.39, 0.29) is 19.0 Å². The van der Waals surface area contributed by atoms with E-state index in [0.717, 1.165) is 18.4 Å². The molecule has 1 atom stereocenters. The van der Waals surface area contributed by atoms with Gasteiger partial charge in [-0.15, -0.1) is 0 Å². The van der Waals surface area contributed by atoms with Gasteiger partial charge in [0.25, 0.3) is 0 Å². The van der Waals surface area contributed by atoms with Crippen molar-refractivity contribution in [3.8, 4) is 5.75 Å². The van der Waals surface area contributed by atoms with Crippen LogP contribution in [0.3, 0.4) is 0 Å². The van der Waals surface area contributed by atoms with Crippen LogP contribution in [0.5, 0.6) is 5.75 Å². The van der Waals surface area contributed by atoms with E-state index in [9.17, 15) is 9.50 Å². The van der Waals surface area contributed by atoms with Crippen molar-refractivity contribution in [2.24, 2.45) is 0 Å². The normalized spacial score (nSPS) is 12.4. The summed E-state index contributed by atoms with van der Waals surface area (Å²) < 4.78 is 24.2. The van der Waals surface area contributed by atoms with Crippen LogP contribution in [-0.4, -0.2) is 38.1 Å². The molecule has 0 aliphatic heterocycles. The number of rotatable bonds is 10. The van der Waals surface area contributed by atoms with Crippen LogP contribution >= 0.6 is 0 Å². The molecule has 5 heteroatoms. The van der Waals surface area contributed by atoms with Crippen LogP contribution in [-0.2, 0) is 11.3 Å². The monoisotopic (exact) mass is 285 g/mol. The third-order valence-corrected chi connectivity index (χ3v) is 2.76. The number of aliphatic hydroxyl groups excluding tert-OH is 1. The van der Waals surface area contributed by atoms with Gasteiger partial charge in [0.1, 0.15) is 12.7 Å². The van der Waals surface area contributed by atoms with Crippen molar-refractivity contribution >= 4 is 0 Å². The highest BCUT2D eigenvalue weighted by Crippen LogP contribution is 2.18. The fourth-order valence-electron chi connectivity index (χ4n) is 1.68. The Kier molecular flexibility index (Phi) is 8.18. The Labute approximate surface area is 119 Å². The fourth-order valence-corrected chi connectivity index (χ4v) is 1.68. The Morgan fingerprint density at radius 1 is 1.35 bits per heavy atom. The predicted octanol–water partition coefficient (Wildman–Crippen LogP) is 2.10. The average Bonchev–Trinajstić information content (AvgIpc) is 2.43. The first kappa shape index (κ1) is 16.9. The topological polar surface area (TPSA) is 50.7 Å². The van der Waals surface area contributed by atoms with Gasteiger partial charge in [0, 0.05) is 13.2 Å². The molecular weight excluding hydrogens is 261 g/mol. The lowest BCUT2D eigenvalue weighted by Gasteiger charge is -2.13. The number of unbranched alkanes of at least 4 members (excludes halogenated alkanes) is 1. The van der Waals surface area contributed by atoms with Crippen LogP contribution in [0, 0.1) is 5.82 Å². The quantitative estimate of drug-likeness (QED) is 0.646. The molecule has 1 rings (SSSR count). The van der Waals surface area contributed by atoms with Crippen molar-refractivity contribution in [1.29, 1.82) is 0 Å². The van der Waals surface area contributed by atoms with Gasteiger partial charge in [-0.05, 0) is 31.2 Å². The van der Waals surface area contributed by atoms with Gasteiger partial charge in [0.05, 0.1) is 6.61 Å². The summed E-state index contributed by atoms with van der Waals surface area (Å²) in [4.78, 5) is 0. The Hall–Kier alpha value is -1.17. The summed E-state index contributed by atoms with van der Waals surface area (Å²) >= 11 is 0. The Bertz CT molecular complexity index is 387. The van der Waals surface area contributed by atoms with E-state index in [4.69, 9.17) is 9.47 Å². The van der Waals surface area contributed by atoms with Crippen LogP contribution in [0.2, 0.25) is 0 Å². The molecule has 2 N–H and O–H groups in total. The lowest BCUT2D eigenvalue weighted by Crippen LogP contribution is -2.24. The molecule has 1 aromatic carbocycles. The zero-order valence-corrected chi connectivity index (χ0v) is 12.2. The molecule has 4 nitrogen and oxygen atoms in total. The Morgan fingerprint density at radius 2 is 2.15 bits per heavy atom. The van der Waals surface area contributed by atoms with Crippen LogP contribution in [0.1, 0.15) is 25.3 Å². The van der Waals surface area contributed by atoms with E-state index in [1.54, 1.807) is 19.2 Å². The highest BCUT2D eigenvalue weighted by atomic mass is 19.1. The van der Waals surface area contributed by atoms with Gasteiger partial charge in [0.2, 0.25) is 0 Å². The lowest BCUT2D eigenvalue weighted by atomic mass is 10.2. The molecule has 0 bridgehead atoms. The van der Waals surface area contributed by atoms with E-state index < -0.39 is 11.9 Å². The molecule has 1 unspecified atom stereocenters. The lowest BCUT2D eigenvalue weighted by molar-refractivity contribution is 0.0106. The summed E-state index contributed by atoms with van der Waals surface area (Å²) in [6.07, 6.45) is 1.27. The largest absolute Gasteiger partial charge is 0.488 e. The summed E-state index contributed by atoms with van der Waals surface area (Å²) in [7, 11) is 1.80. The van der Waals surface area contributed by atoms with Crippen LogP contribution in [0.25, 0.3) is 0 Å². The third kappa shape index (κ3) is 6.32. The zero-order chi connectivity index (χ0) is 14.8. The number of ether oxygens (including phenoxy) is 2. The maximum absolute atomic E-state index is 13.7. The van der Waals surface area contributed by atoms with Gasteiger partial charge in [-0.2, -0.15) is 0 Å². The van der Waals surface area contributed by atoms with E-state index in [2.05, 4.69) is 12.2 Å². The minimum absolute atomic E-state index is 0.0222. The molecule has 20 heavy (non-hydrogen) atoms. The molecule has 0 aromatic heterocycles. The molecule has 1 aromatic rings. The van der Waals surface area contributed by atoms with Gasteiger partial charge in [-0.3, -0.25) is 0 Å². The summed E-state index contributed by atoms with van der Waals surface area (Å²) in [5.74, 6) is -0.269. The van der Waals surface area contributed by atoms with E-state index in [0.29, 0.717) is 13.2 Å². The maximum atomic E-state index is 13.7. The molecule has 0 aliphatic carbocycles. The molecule has 0 heterocycles. The number of hydrogen-bond donors (Lipinski definition) is 2. The number of aliphatic hydroxyl groups is 1. The van der Waals surface area contributed by atoms with Crippen molar-refractivity contribution in [3.05, 3.63) is 29.6 Å². The summed E-state index contributed by atoms with van der Waals surface area (Å²) in [5.41, 5.74) is 0.848. The number of nitrogens with one attached hydrogen (secondary N) is 1. The first-order valence-corrected chi connectivity index (χ1v) is 6.99. The maximum Gasteiger partial charge on any atom is 0.165 e. The standard InChI is InChI=1S/C15H24FNO3/c1-3-4-7-19-10-13(18)11-20-15-6-5-12(9-17-2)8-14(15)16/h5-6,8,13,17-18H,3-4,7,9-11H2,1-2H3. The molecule has 0 aliphatic rings. The summed E-state index contributed by atoms with van der Waals surface area (Å²) in [6.45, 7) is 3.53. The molecule has 0 radical (unpaired) electrons. The molecule has 114 valence electrons. The first-order chi connectivity index (χ1) is 9.67. The van der Waals surface area contributed by atoms with E-state index in [1.807, 2.05) is 0 Å².